The second-order valence-electron chi connectivity index (χ2n) is 3.70. The van der Waals surface area contributed by atoms with E-state index in [2.05, 4.69) is 0 Å². The van der Waals surface area contributed by atoms with Crippen molar-refractivity contribution < 1.29 is 9.53 Å². The molecule has 2 aliphatic rings. The first-order chi connectivity index (χ1) is 6.24. The molecular weight excluding hydrogens is 168 g/mol. The van der Waals surface area contributed by atoms with Crippen LogP contribution in [0.4, 0.5) is 4.79 Å². The molecule has 1 aliphatic carbocycles. The largest absolute Gasteiger partial charge is 0.374 e. The number of carbonyl (C=O) groups is 1. The molecule has 4 heteroatoms. The van der Waals surface area contributed by atoms with Crippen molar-refractivity contribution in [2.24, 2.45) is 0 Å². The topological polar surface area (TPSA) is 32.8 Å². The molecule has 4 nitrogen and oxygen atoms in total. The lowest BCUT2D eigenvalue weighted by molar-refractivity contribution is 0.0390. The van der Waals surface area contributed by atoms with Crippen LogP contribution in [-0.4, -0.2) is 54.7 Å². The molecule has 0 aromatic rings. The lowest BCUT2D eigenvalue weighted by atomic mass is 10.4. The number of nitrogens with zero attached hydrogens (tertiary/aromatic N) is 2. The Balaban J connectivity index is 1.95. The van der Waals surface area contributed by atoms with Crippen molar-refractivity contribution in [2.45, 2.75) is 25.5 Å². The van der Waals surface area contributed by atoms with Crippen LogP contribution in [0.2, 0.25) is 0 Å². The average Bonchev–Trinajstić information content (AvgIpc) is 2.93. The molecule has 1 aliphatic heterocycles. The molecule has 2 amide bonds. The Kier molecular flexibility index (Phi) is 2.15. The Morgan fingerprint density at radius 3 is 3.15 bits per heavy atom. The van der Waals surface area contributed by atoms with Gasteiger partial charge >= 0.3 is 6.03 Å². The van der Waals surface area contributed by atoms with Crippen LogP contribution in [0.15, 0.2) is 0 Å². The third kappa shape index (κ3) is 1.50. The van der Waals surface area contributed by atoms with E-state index in [1.807, 2.05) is 18.9 Å². The predicted molar refractivity (Wildman–Crippen MR) is 48.6 cm³/mol. The summed E-state index contributed by atoms with van der Waals surface area (Å²) in [6, 6.07) is 0.522. The standard InChI is InChI=1S/C9H16N2O2/c1-3-10(2)9(12)11-4-5-13-8-6-7(8)11/h7-8H,3-6H2,1-2H3. The maximum absolute atomic E-state index is 11.8. The number of fused-ring (bicyclic) bond motifs is 1. The van der Waals surface area contributed by atoms with Crippen molar-refractivity contribution in [3.8, 4) is 0 Å². The molecule has 0 bridgehead atoms. The summed E-state index contributed by atoms with van der Waals surface area (Å²) in [4.78, 5) is 15.5. The Labute approximate surface area is 78.4 Å². The van der Waals surface area contributed by atoms with Crippen molar-refractivity contribution in [3.63, 3.8) is 0 Å². The molecule has 2 atom stereocenters. The molecule has 0 aromatic heterocycles. The maximum Gasteiger partial charge on any atom is 0.320 e. The van der Waals surface area contributed by atoms with Crippen LogP contribution in [0.5, 0.6) is 0 Å². The lowest BCUT2D eigenvalue weighted by Crippen LogP contribution is -2.47. The predicted octanol–water partition coefficient (Wildman–Crippen LogP) is 0.531. The van der Waals surface area contributed by atoms with Gasteiger partial charge in [0.15, 0.2) is 0 Å². The van der Waals surface area contributed by atoms with E-state index in [0.29, 0.717) is 18.8 Å². The van der Waals surface area contributed by atoms with Gasteiger partial charge in [0, 0.05) is 20.1 Å². The Morgan fingerprint density at radius 1 is 1.69 bits per heavy atom. The summed E-state index contributed by atoms with van der Waals surface area (Å²) in [5.74, 6) is 0. The van der Waals surface area contributed by atoms with Crippen molar-refractivity contribution in [1.29, 1.82) is 0 Å². The van der Waals surface area contributed by atoms with E-state index in [4.69, 9.17) is 4.74 Å². The van der Waals surface area contributed by atoms with E-state index < -0.39 is 0 Å². The van der Waals surface area contributed by atoms with E-state index in [-0.39, 0.29) is 6.03 Å². The van der Waals surface area contributed by atoms with E-state index in [1.54, 1.807) is 4.90 Å². The van der Waals surface area contributed by atoms with E-state index in [9.17, 15) is 4.79 Å². The quantitative estimate of drug-likeness (QED) is 0.595. The molecule has 13 heavy (non-hydrogen) atoms. The van der Waals surface area contributed by atoms with Crippen LogP contribution in [0.3, 0.4) is 0 Å². The molecule has 0 N–H and O–H groups in total. The number of amides is 2. The van der Waals surface area contributed by atoms with Crippen molar-refractivity contribution in [1.82, 2.24) is 9.80 Å². The van der Waals surface area contributed by atoms with Crippen LogP contribution >= 0.6 is 0 Å². The van der Waals surface area contributed by atoms with Gasteiger partial charge in [-0.15, -0.1) is 0 Å². The SMILES string of the molecule is CCN(C)C(=O)N1CCOC2CC21. The van der Waals surface area contributed by atoms with Gasteiger partial charge in [0.1, 0.15) is 0 Å². The molecule has 2 unspecified atom stereocenters. The van der Waals surface area contributed by atoms with E-state index in [0.717, 1.165) is 19.5 Å². The van der Waals surface area contributed by atoms with Gasteiger partial charge in [-0.1, -0.05) is 0 Å². The summed E-state index contributed by atoms with van der Waals surface area (Å²) in [5.41, 5.74) is 0. The van der Waals surface area contributed by atoms with E-state index in [1.165, 1.54) is 0 Å². The zero-order valence-corrected chi connectivity index (χ0v) is 8.19. The highest BCUT2D eigenvalue weighted by Crippen LogP contribution is 2.34. The fourth-order valence-corrected chi connectivity index (χ4v) is 1.73. The molecule has 1 saturated carbocycles. The minimum atomic E-state index is 0.151. The number of rotatable bonds is 1. The van der Waals surface area contributed by atoms with Gasteiger partial charge in [-0.3, -0.25) is 0 Å². The monoisotopic (exact) mass is 184 g/mol. The fourth-order valence-electron chi connectivity index (χ4n) is 1.73. The Morgan fingerprint density at radius 2 is 2.46 bits per heavy atom. The van der Waals surface area contributed by atoms with Gasteiger partial charge in [0.05, 0.1) is 18.8 Å². The first-order valence-corrected chi connectivity index (χ1v) is 4.87. The molecule has 74 valence electrons. The molecule has 0 spiro atoms. The highest BCUT2D eigenvalue weighted by atomic mass is 16.5. The average molecular weight is 184 g/mol. The molecule has 2 rings (SSSR count). The maximum atomic E-state index is 11.8. The Hall–Kier alpha value is -0.770. The van der Waals surface area contributed by atoms with Crippen LogP contribution in [0.25, 0.3) is 0 Å². The number of urea groups is 1. The van der Waals surface area contributed by atoms with E-state index >= 15 is 0 Å². The van der Waals surface area contributed by atoms with Crippen molar-refractivity contribution in [3.05, 3.63) is 0 Å². The molecule has 0 aromatic carbocycles. The number of hydrogen-bond donors (Lipinski definition) is 0. The summed E-state index contributed by atoms with van der Waals surface area (Å²) in [6.45, 7) is 4.21. The third-order valence-electron chi connectivity index (χ3n) is 2.81. The van der Waals surface area contributed by atoms with Crippen LogP contribution in [0, 0.1) is 0 Å². The molecule has 0 radical (unpaired) electrons. The fraction of sp³-hybridized carbons (Fsp3) is 0.889. The smallest absolute Gasteiger partial charge is 0.320 e. The van der Waals surface area contributed by atoms with Gasteiger partial charge in [0.25, 0.3) is 0 Å². The number of carbonyl (C=O) groups excluding carboxylic acids is 1. The van der Waals surface area contributed by atoms with Crippen LogP contribution in [-0.2, 0) is 4.74 Å². The van der Waals surface area contributed by atoms with Gasteiger partial charge in [-0.2, -0.15) is 0 Å². The first-order valence-electron chi connectivity index (χ1n) is 4.87. The molecule has 1 saturated heterocycles. The molecule has 1 heterocycles. The van der Waals surface area contributed by atoms with Crippen molar-refractivity contribution in [2.75, 3.05) is 26.7 Å². The second-order valence-corrected chi connectivity index (χ2v) is 3.70. The number of hydrogen-bond acceptors (Lipinski definition) is 2. The van der Waals surface area contributed by atoms with Crippen LogP contribution < -0.4 is 0 Å². The Bertz CT molecular complexity index is 220. The van der Waals surface area contributed by atoms with Gasteiger partial charge in [0.2, 0.25) is 0 Å². The third-order valence-corrected chi connectivity index (χ3v) is 2.81. The minimum Gasteiger partial charge on any atom is -0.374 e. The zero-order chi connectivity index (χ0) is 9.42. The highest BCUT2D eigenvalue weighted by molar-refractivity contribution is 5.75. The lowest BCUT2D eigenvalue weighted by Gasteiger charge is -2.30. The van der Waals surface area contributed by atoms with Gasteiger partial charge in [-0.05, 0) is 13.3 Å². The van der Waals surface area contributed by atoms with Gasteiger partial charge in [-0.25, -0.2) is 4.79 Å². The summed E-state index contributed by atoms with van der Waals surface area (Å²) in [5, 5.41) is 0. The van der Waals surface area contributed by atoms with Gasteiger partial charge < -0.3 is 14.5 Å². The minimum absolute atomic E-state index is 0.151. The number of ether oxygens (including phenoxy) is 1. The highest BCUT2D eigenvalue weighted by Gasteiger charge is 2.48. The number of morpholine rings is 1. The second kappa shape index (κ2) is 3.18. The normalized spacial score (nSPS) is 31.1. The summed E-state index contributed by atoms with van der Waals surface area (Å²) in [6.07, 6.45) is 1.37. The summed E-state index contributed by atoms with van der Waals surface area (Å²) in [7, 11) is 1.84. The molecule has 2 fully saturated rings. The van der Waals surface area contributed by atoms with Crippen LogP contribution in [0.1, 0.15) is 13.3 Å². The first kappa shape index (κ1) is 8.81. The summed E-state index contributed by atoms with van der Waals surface area (Å²) >= 11 is 0. The zero-order valence-electron chi connectivity index (χ0n) is 8.19. The molecular formula is C9H16N2O2. The van der Waals surface area contributed by atoms with Crippen molar-refractivity contribution >= 4 is 6.03 Å². The summed E-state index contributed by atoms with van der Waals surface area (Å²) < 4.78 is 5.43.